The number of nitrogens with zero attached hydrogens (tertiary/aromatic N) is 2. The summed E-state index contributed by atoms with van der Waals surface area (Å²) < 4.78 is 5.52. The van der Waals surface area contributed by atoms with Crippen LogP contribution in [0, 0.1) is 16.7 Å². The highest BCUT2D eigenvalue weighted by atomic mass is 32.2. The predicted octanol–water partition coefficient (Wildman–Crippen LogP) is 2.99. The van der Waals surface area contributed by atoms with E-state index in [4.69, 9.17) is 16.6 Å². The zero-order valence-corrected chi connectivity index (χ0v) is 16.1. The third-order valence-electron chi connectivity index (χ3n) is 5.72. The van der Waals surface area contributed by atoms with E-state index in [-0.39, 0.29) is 29.0 Å². The molecule has 2 aliphatic rings. The van der Waals surface area contributed by atoms with Crippen LogP contribution in [-0.2, 0) is 9.59 Å². The van der Waals surface area contributed by atoms with Gasteiger partial charge in [0.15, 0.2) is 4.32 Å². The quantitative estimate of drug-likeness (QED) is 0.375. The summed E-state index contributed by atoms with van der Waals surface area (Å²) >= 11 is 6.42. The zero-order valence-electron chi connectivity index (χ0n) is 14.4. The molecule has 2 amide bonds. The van der Waals surface area contributed by atoms with Gasteiger partial charge in [-0.2, -0.15) is 5.10 Å². The maximum atomic E-state index is 12.9. The lowest BCUT2D eigenvalue weighted by Gasteiger charge is -2.47. The number of hydrazone groups is 1. The zero-order chi connectivity index (χ0) is 18.2. The molecule has 6 nitrogen and oxygen atoms in total. The minimum absolute atomic E-state index is 0.0839. The van der Waals surface area contributed by atoms with Crippen LogP contribution in [0.5, 0.6) is 0 Å². The summed E-state index contributed by atoms with van der Waals surface area (Å²) in [4.78, 5) is 27.0. The normalized spacial score (nSPS) is 28.0. The average molecular weight is 380 g/mol. The Morgan fingerprint density at radius 2 is 2.28 bits per heavy atom. The molecule has 1 saturated heterocycles. The molecule has 0 spiro atoms. The van der Waals surface area contributed by atoms with E-state index in [0.29, 0.717) is 10.1 Å². The van der Waals surface area contributed by atoms with Crippen molar-refractivity contribution in [3.05, 3.63) is 24.2 Å². The first-order valence-electron chi connectivity index (χ1n) is 8.12. The van der Waals surface area contributed by atoms with Gasteiger partial charge in [-0.15, -0.1) is 0 Å². The maximum Gasteiger partial charge on any atom is 0.236 e. The fraction of sp³-hybridized carbons (Fsp3) is 0.529. The number of fused-ring (bicyclic) bond motifs is 2. The predicted molar refractivity (Wildman–Crippen MR) is 101 cm³/mol. The van der Waals surface area contributed by atoms with Gasteiger partial charge in [0.2, 0.25) is 11.8 Å². The highest BCUT2D eigenvalue weighted by molar-refractivity contribution is 8.22. The molecule has 2 bridgehead atoms. The summed E-state index contributed by atoms with van der Waals surface area (Å²) in [7, 11) is 0. The lowest BCUT2D eigenvalue weighted by atomic mass is 9.62. The molecular formula is C17H21N3O3S2. The first-order valence-corrected chi connectivity index (χ1v) is 9.52. The highest BCUT2D eigenvalue weighted by Crippen LogP contribution is 2.60. The Hall–Kier alpha value is -1.67. The van der Waals surface area contributed by atoms with Crippen LogP contribution >= 0.6 is 24.0 Å². The molecule has 0 radical (unpaired) electrons. The molecule has 2 atom stereocenters. The molecule has 1 aliphatic heterocycles. The number of nitrogens with one attached hydrogen (secondary N) is 1. The average Bonchev–Trinajstić information content (AvgIpc) is 3.12. The second-order valence-electron chi connectivity index (χ2n) is 7.16. The first-order chi connectivity index (χ1) is 11.8. The van der Waals surface area contributed by atoms with Gasteiger partial charge in [-0.25, -0.2) is 0 Å². The second kappa shape index (κ2) is 6.57. The molecule has 134 valence electrons. The topological polar surface area (TPSA) is 74.9 Å². The molecule has 2 unspecified atom stereocenters. The van der Waals surface area contributed by atoms with E-state index < -0.39 is 5.41 Å². The Morgan fingerprint density at radius 3 is 2.96 bits per heavy atom. The Balaban J connectivity index is 1.59. The first kappa shape index (κ1) is 18.1. The van der Waals surface area contributed by atoms with Crippen molar-refractivity contribution in [2.75, 3.05) is 5.88 Å². The number of amides is 2. The van der Waals surface area contributed by atoms with E-state index in [1.165, 1.54) is 22.9 Å². The van der Waals surface area contributed by atoms with Crippen molar-refractivity contribution in [2.24, 2.45) is 21.8 Å². The fourth-order valence-corrected chi connectivity index (χ4v) is 4.51. The molecule has 2 fully saturated rings. The smallest absolute Gasteiger partial charge is 0.236 e. The van der Waals surface area contributed by atoms with Crippen LogP contribution in [0.15, 0.2) is 27.9 Å². The number of hydrogen-bond acceptors (Lipinski definition) is 6. The summed E-state index contributed by atoms with van der Waals surface area (Å²) in [6.07, 6.45) is 4.59. The van der Waals surface area contributed by atoms with Gasteiger partial charge in [0.05, 0.1) is 23.8 Å². The van der Waals surface area contributed by atoms with Gasteiger partial charge in [0, 0.05) is 5.92 Å². The largest absolute Gasteiger partial charge is 0.463 e. The van der Waals surface area contributed by atoms with Gasteiger partial charge >= 0.3 is 0 Å². The van der Waals surface area contributed by atoms with Crippen molar-refractivity contribution in [1.29, 1.82) is 0 Å². The number of piperidine rings is 1. The molecule has 8 heteroatoms. The summed E-state index contributed by atoms with van der Waals surface area (Å²) in [5, 5.41) is 3.98. The molecule has 3 rings (SSSR count). The fourth-order valence-electron chi connectivity index (χ4n) is 3.69. The van der Waals surface area contributed by atoms with Gasteiger partial charge in [0.25, 0.3) is 0 Å². The van der Waals surface area contributed by atoms with Crippen molar-refractivity contribution >= 4 is 46.3 Å². The summed E-state index contributed by atoms with van der Waals surface area (Å²) in [5.74, 6) is 0.537. The van der Waals surface area contributed by atoms with Crippen molar-refractivity contribution in [3.8, 4) is 0 Å². The van der Waals surface area contributed by atoms with Crippen LogP contribution in [0.25, 0.3) is 0 Å². The van der Waals surface area contributed by atoms with E-state index in [1.54, 1.807) is 18.4 Å². The lowest BCUT2D eigenvalue weighted by molar-refractivity contribution is -0.166. The van der Waals surface area contributed by atoms with E-state index in [9.17, 15) is 9.59 Å². The minimum atomic E-state index is -0.487. The molecule has 25 heavy (non-hydrogen) atoms. The van der Waals surface area contributed by atoms with Crippen molar-refractivity contribution in [1.82, 2.24) is 10.3 Å². The van der Waals surface area contributed by atoms with Crippen LogP contribution in [0.3, 0.4) is 0 Å². The van der Waals surface area contributed by atoms with Gasteiger partial charge < -0.3 is 4.42 Å². The van der Waals surface area contributed by atoms with E-state index in [2.05, 4.69) is 10.5 Å². The highest BCUT2D eigenvalue weighted by Gasteiger charge is 2.64. The molecule has 0 aromatic carbocycles. The van der Waals surface area contributed by atoms with Crippen molar-refractivity contribution < 1.29 is 14.0 Å². The number of carbonyl (C=O) groups is 2. The van der Waals surface area contributed by atoms with E-state index in [1.807, 2.05) is 20.8 Å². The van der Waals surface area contributed by atoms with Gasteiger partial charge in [-0.3, -0.25) is 19.9 Å². The van der Waals surface area contributed by atoms with E-state index >= 15 is 0 Å². The molecular weight excluding hydrogens is 358 g/mol. The van der Waals surface area contributed by atoms with Crippen LogP contribution in [0.2, 0.25) is 0 Å². The maximum absolute atomic E-state index is 12.9. The number of furan rings is 1. The number of carbonyl (C=O) groups excluding carboxylic acids is 2. The molecule has 2 heterocycles. The third-order valence-corrected chi connectivity index (χ3v) is 6.91. The minimum Gasteiger partial charge on any atom is -0.463 e. The number of imide groups is 1. The lowest BCUT2D eigenvalue weighted by Crippen LogP contribution is -2.58. The number of rotatable bonds is 4. The van der Waals surface area contributed by atoms with Gasteiger partial charge in [-0.1, -0.05) is 44.8 Å². The van der Waals surface area contributed by atoms with Crippen LogP contribution < -0.4 is 5.43 Å². The molecule has 1 aliphatic carbocycles. The van der Waals surface area contributed by atoms with Gasteiger partial charge in [0.1, 0.15) is 5.76 Å². The number of likely N-dealkylation sites (tertiary alicyclic amines) is 1. The van der Waals surface area contributed by atoms with Crippen LogP contribution in [0.1, 0.15) is 39.4 Å². The van der Waals surface area contributed by atoms with Crippen LogP contribution in [-0.4, -0.2) is 33.1 Å². The van der Waals surface area contributed by atoms with Gasteiger partial charge in [-0.05, 0) is 30.4 Å². The standard InChI is InChI=1S/C17H21N3O3S2/c1-16(2)12-6-7-17(16,3)14(22)20(13(12)21)10-25-15(24)19-18-9-11-5-4-8-23-11/h4-5,8-9,12H,6-7,10H2,1-3H3,(H,19,24)/b18-9-. The van der Waals surface area contributed by atoms with E-state index in [0.717, 1.165) is 12.8 Å². The number of thioether (sulfide) groups is 1. The van der Waals surface area contributed by atoms with Crippen molar-refractivity contribution in [2.45, 2.75) is 33.6 Å². The van der Waals surface area contributed by atoms with Crippen molar-refractivity contribution in [3.63, 3.8) is 0 Å². The number of hydrogen-bond donors (Lipinski definition) is 1. The summed E-state index contributed by atoms with van der Waals surface area (Å²) in [6.45, 7) is 6.03. The Bertz CT molecular complexity index is 730. The second-order valence-corrected chi connectivity index (χ2v) is 8.78. The molecule has 1 aromatic heterocycles. The SMILES string of the molecule is CC12CCC(C(=O)N(CSC(=S)N/N=C\c3ccco3)C1=O)C2(C)C. The number of thiocarbonyl (C=S) groups is 1. The summed E-state index contributed by atoms with van der Waals surface area (Å²) in [6, 6.07) is 3.53. The molecule has 1 saturated carbocycles. The molecule has 1 aromatic rings. The summed E-state index contributed by atoms with van der Waals surface area (Å²) in [5.41, 5.74) is 1.92. The Morgan fingerprint density at radius 1 is 1.52 bits per heavy atom. The monoisotopic (exact) mass is 379 g/mol. The molecule has 1 N–H and O–H groups in total. The Kier molecular flexibility index (Phi) is 4.76. The third kappa shape index (κ3) is 3.01. The Labute approximate surface area is 156 Å². The van der Waals surface area contributed by atoms with Crippen LogP contribution in [0.4, 0.5) is 0 Å².